The van der Waals surface area contributed by atoms with Crippen LogP contribution < -0.4 is 4.74 Å². The van der Waals surface area contributed by atoms with E-state index in [-0.39, 0.29) is 12.6 Å². The summed E-state index contributed by atoms with van der Waals surface area (Å²) in [7, 11) is 0. The van der Waals surface area contributed by atoms with Gasteiger partial charge in [0.1, 0.15) is 12.4 Å². The number of β-amino-alcohol motifs (C(OH)–C–C–N with tert-alkyl or cyclic N) is 1. The molecular formula is C20H23ClN2O2. The SMILES string of the molecule is OCCN1CCN(C2c3ccccc3COc3ccc(Cl)cc32)CC1. The Kier molecular flexibility index (Phi) is 4.95. The Hall–Kier alpha value is -1.59. The smallest absolute Gasteiger partial charge is 0.125 e. The number of ether oxygens (including phenoxy) is 1. The topological polar surface area (TPSA) is 35.9 Å². The number of rotatable bonds is 3. The zero-order valence-corrected chi connectivity index (χ0v) is 15.0. The third-order valence-electron chi connectivity index (χ3n) is 5.19. The number of hydrogen-bond donors (Lipinski definition) is 1. The average Bonchev–Trinajstić information content (AvgIpc) is 2.79. The lowest BCUT2D eigenvalue weighted by atomic mass is 9.93. The van der Waals surface area contributed by atoms with Crippen LogP contribution in [0.4, 0.5) is 0 Å². The summed E-state index contributed by atoms with van der Waals surface area (Å²) in [5.41, 5.74) is 3.68. The highest BCUT2D eigenvalue weighted by atomic mass is 35.5. The molecule has 4 nitrogen and oxygen atoms in total. The lowest BCUT2D eigenvalue weighted by molar-refractivity contribution is 0.0943. The van der Waals surface area contributed by atoms with Crippen molar-refractivity contribution in [3.63, 3.8) is 0 Å². The molecule has 0 spiro atoms. The normalized spacial score (nSPS) is 21.1. The Morgan fingerprint density at radius 2 is 1.84 bits per heavy atom. The van der Waals surface area contributed by atoms with E-state index in [0.29, 0.717) is 6.61 Å². The van der Waals surface area contributed by atoms with Gasteiger partial charge in [0.05, 0.1) is 12.6 Å². The minimum Gasteiger partial charge on any atom is -0.489 e. The molecule has 132 valence electrons. The van der Waals surface area contributed by atoms with Gasteiger partial charge in [-0.2, -0.15) is 0 Å². The standard InChI is InChI=1S/C20H23ClN2O2/c21-16-5-6-19-18(13-16)20(17-4-2-1-3-15(17)14-25-19)23-9-7-22(8-10-23)11-12-24/h1-6,13,20,24H,7-12,14H2. The van der Waals surface area contributed by atoms with Crippen molar-refractivity contribution in [3.8, 4) is 5.75 Å². The molecule has 1 unspecified atom stereocenters. The molecule has 4 rings (SSSR count). The van der Waals surface area contributed by atoms with Crippen LogP contribution in [0.25, 0.3) is 0 Å². The van der Waals surface area contributed by atoms with E-state index in [9.17, 15) is 5.11 Å². The number of benzene rings is 2. The minimum atomic E-state index is 0.156. The van der Waals surface area contributed by atoms with Crippen LogP contribution in [0.5, 0.6) is 5.75 Å². The predicted octanol–water partition coefficient (Wildman–Crippen LogP) is 2.93. The number of hydrogen-bond acceptors (Lipinski definition) is 4. The molecule has 5 heteroatoms. The van der Waals surface area contributed by atoms with E-state index in [1.54, 1.807) is 0 Å². The molecule has 2 aromatic rings. The van der Waals surface area contributed by atoms with E-state index >= 15 is 0 Å². The van der Waals surface area contributed by atoms with Crippen LogP contribution >= 0.6 is 11.6 Å². The Bertz CT molecular complexity index is 744. The molecule has 0 radical (unpaired) electrons. The van der Waals surface area contributed by atoms with Gasteiger partial charge in [0.25, 0.3) is 0 Å². The first-order chi connectivity index (χ1) is 12.3. The van der Waals surface area contributed by atoms with Crippen LogP contribution in [-0.4, -0.2) is 54.2 Å². The maximum atomic E-state index is 9.17. The molecule has 2 aromatic carbocycles. The second kappa shape index (κ2) is 7.34. The maximum absolute atomic E-state index is 9.17. The van der Waals surface area contributed by atoms with Gasteiger partial charge in [0.2, 0.25) is 0 Å². The maximum Gasteiger partial charge on any atom is 0.125 e. The van der Waals surface area contributed by atoms with Crippen molar-refractivity contribution < 1.29 is 9.84 Å². The number of aliphatic hydroxyl groups excluding tert-OH is 1. The van der Waals surface area contributed by atoms with Crippen LogP contribution in [0.15, 0.2) is 42.5 Å². The van der Waals surface area contributed by atoms with Gasteiger partial charge in [-0.05, 0) is 29.3 Å². The summed E-state index contributed by atoms with van der Waals surface area (Å²) in [5.74, 6) is 0.920. The first-order valence-electron chi connectivity index (χ1n) is 8.83. The van der Waals surface area contributed by atoms with Gasteiger partial charge < -0.3 is 9.84 Å². The molecule has 25 heavy (non-hydrogen) atoms. The van der Waals surface area contributed by atoms with E-state index in [4.69, 9.17) is 16.3 Å². The molecule has 2 aliphatic rings. The van der Waals surface area contributed by atoms with E-state index in [1.807, 2.05) is 18.2 Å². The molecule has 0 bridgehead atoms. The summed E-state index contributed by atoms with van der Waals surface area (Å²) in [5, 5.41) is 9.92. The Morgan fingerprint density at radius 3 is 2.64 bits per heavy atom. The van der Waals surface area contributed by atoms with Gasteiger partial charge in [-0.1, -0.05) is 35.9 Å². The molecule has 1 fully saturated rings. The number of aliphatic hydroxyl groups is 1. The molecule has 0 aliphatic carbocycles. The number of fused-ring (bicyclic) bond motifs is 2. The van der Waals surface area contributed by atoms with Crippen LogP contribution in [-0.2, 0) is 6.61 Å². The van der Waals surface area contributed by atoms with Gasteiger partial charge in [0, 0.05) is 43.3 Å². The number of piperazine rings is 1. The highest BCUT2D eigenvalue weighted by molar-refractivity contribution is 6.30. The van der Waals surface area contributed by atoms with Crippen molar-refractivity contribution in [1.29, 1.82) is 0 Å². The first kappa shape index (κ1) is 16.9. The fraction of sp³-hybridized carbons (Fsp3) is 0.400. The fourth-order valence-electron chi connectivity index (χ4n) is 3.90. The summed E-state index contributed by atoms with van der Waals surface area (Å²) in [6.45, 7) is 5.42. The highest BCUT2D eigenvalue weighted by Gasteiger charge is 2.31. The second-order valence-corrected chi connectivity index (χ2v) is 7.11. The zero-order chi connectivity index (χ0) is 17.2. The van der Waals surface area contributed by atoms with E-state index in [1.165, 1.54) is 11.1 Å². The Labute approximate surface area is 153 Å². The number of halogens is 1. The summed E-state index contributed by atoms with van der Waals surface area (Å²) in [6.07, 6.45) is 0. The third kappa shape index (κ3) is 3.40. The molecular weight excluding hydrogens is 336 g/mol. The van der Waals surface area contributed by atoms with E-state index < -0.39 is 0 Å². The van der Waals surface area contributed by atoms with Crippen molar-refractivity contribution in [2.24, 2.45) is 0 Å². The highest BCUT2D eigenvalue weighted by Crippen LogP contribution is 2.41. The largest absolute Gasteiger partial charge is 0.489 e. The van der Waals surface area contributed by atoms with E-state index in [2.05, 4.69) is 34.1 Å². The summed E-state index contributed by atoms with van der Waals surface area (Å²) < 4.78 is 6.08. The average molecular weight is 359 g/mol. The minimum absolute atomic E-state index is 0.156. The lowest BCUT2D eigenvalue weighted by Crippen LogP contribution is -2.48. The molecule has 2 aliphatic heterocycles. The molecule has 1 N–H and O–H groups in total. The summed E-state index contributed by atoms with van der Waals surface area (Å²) >= 11 is 6.32. The van der Waals surface area contributed by atoms with Crippen molar-refractivity contribution in [1.82, 2.24) is 9.80 Å². The predicted molar refractivity (Wildman–Crippen MR) is 99.2 cm³/mol. The van der Waals surface area contributed by atoms with Crippen LogP contribution in [0, 0.1) is 0 Å². The van der Waals surface area contributed by atoms with Crippen LogP contribution in [0.2, 0.25) is 5.02 Å². The fourth-order valence-corrected chi connectivity index (χ4v) is 4.08. The second-order valence-electron chi connectivity index (χ2n) is 6.67. The third-order valence-corrected chi connectivity index (χ3v) is 5.42. The van der Waals surface area contributed by atoms with Gasteiger partial charge in [-0.15, -0.1) is 0 Å². The van der Waals surface area contributed by atoms with Crippen molar-refractivity contribution in [3.05, 3.63) is 64.2 Å². The molecule has 0 amide bonds. The van der Waals surface area contributed by atoms with Gasteiger partial charge >= 0.3 is 0 Å². The van der Waals surface area contributed by atoms with Gasteiger partial charge in [0.15, 0.2) is 0 Å². The van der Waals surface area contributed by atoms with Gasteiger partial charge in [-0.3, -0.25) is 9.80 Å². The molecule has 0 aromatic heterocycles. The Morgan fingerprint density at radius 1 is 1.04 bits per heavy atom. The summed E-state index contributed by atoms with van der Waals surface area (Å²) in [4.78, 5) is 4.82. The molecule has 2 heterocycles. The van der Waals surface area contributed by atoms with Crippen molar-refractivity contribution in [2.45, 2.75) is 12.6 Å². The van der Waals surface area contributed by atoms with Gasteiger partial charge in [-0.25, -0.2) is 0 Å². The lowest BCUT2D eigenvalue weighted by Gasteiger charge is -2.39. The first-order valence-corrected chi connectivity index (χ1v) is 9.21. The van der Waals surface area contributed by atoms with Crippen LogP contribution in [0.3, 0.4) is 0 Å². The molecule has 1 saturated heterocycles. The van der Waals surface area contributed by atoms with Crippen LogP contribution in [0.1, 0.15) is 22.7 Å². The quantitative estimate of drug-likeness (QED) is 0.915. The van der Waals surface area contributed by atoms with E-state index in [0.717, 1.165) is 49.1 Å². The van der Waals surface area contributed by atoms with Crippen molar-refractivity contribution in [2.75, 3.05) is 39.3 Å². The number of nitrogens with zero attached hydrogens (tertiary/aromatic N) is 2. The molecule has 1 atom stereocenters. The zero-order valence-electron chi connectivity index (χ0n) is 14.2. The summed E-state index contributed by atoms with van der Waals surface area (Å²) in [6, 6.07) is 14.6. The monoisotopic (exact) mass is 358 g/mol. The Balaban J connectivity index is 1.72. The van der Waals surface area contributed by atoms with Crippen molar-refractivity contribution >= 4 is 11.6 Å². The molecule has 0 saturated carbocycles.